The van der Waals surface area contributed by atoms with Crippen molar-refractivity contribution in [2.24, 2.45) is 0 Å². The SMILES string of the molecule is CC(c1nc(C(F)F)c(C(=O)O)o1)S(C)(=O)=O. The molecule has 96 valence electrons. The van der Waals surface area contributed by atoms with Crippen LogP contribution in [0.4, 0.5) is 8.78 Å². The number of nitrogens with zero attached hydrogens (tertiary/aromatic N) is 1. The highest BCUT2D eigenvalue weighted by Gasteiger charge is 2.31. The van der Waals surface area contributed by atoms with Gasteiger partial charge in [0, 0.05) is 6.26 Å². The van der Waals surface area contributed by atoms with Crippen LogP contribution < -0.4 is 0 Å². The summed E-state index contributed by atoms with van der Waals surface area (Å²) in [6.07, 6.45) is -2.28. The quantitative estimate of drug-likeness (QED) is 0.887. The summed E-state index contributed by atoms with van der Waals surface area (Å²) in [6, 6.07) is 0. The van der Waals surface area contributed by atoms with E-state index in [1.807, 2.05) is 0 Å². The Balaban J connectivity index is 3.31. The Bertz CT molecular complexity index is 536. The summed E-state index contributed by atoms with van der Waals surface area (Å²) in [4.78, 5) is 13.8. The predicted octanol–water partition coefficient (Wildman–Crippen LogP) is 1.42. The molecule has 0 saturated carbocycles. The minimum Gasteiger partial charge on any atom is -0.475 e. The molecule has 1 atom stereocenters. The smallest absolute Gasteiger partial charge is 0.374 e. The maximum absolute atomic E-state index is 12.4. The van der Waals surface area contributed by atoms with E-state index in [0.29, 0.717) is 0 Å². The second kappa shape index (κ2) is 4.40. The van der Waals surface area contributed by atoms with Crippen LogP contribution in [0.2, 0.25) is 0 Å². The second-order valence-corrected chi connectivity index (χ2v) is 5.71. The molecule has 0 aromatic carbocycles. The zero-order valence-corrected chi connectivity index (χ0v) is 9.66. The maximum atomic E-state index is 12.4. The van der Waals surface area contributed by atoms with Gasteiger partial charge in [-0.1, -0.05) is 0 Å². The number of sulfone groups is 1. The monoisotopic (exact) mass is 269 g/mol. The lowest BCUT2D eigenvalue weighted by atomic mass is 10.3. The number of oxazole rings is 1. The highest BCUT2D eigenvalue weighted by atomic mass is 32.2. The van der Waals surface area contributed by atoms with Crippen molar-refractivity contribution in [1.82, 2.24) is 4.98 Å². The van der Waals surface area contributed by atoms with Gasteiger partial charge in [-0.05, 0) is 6.92 Å². The summed E-state index contributed by atoms with van der Waals surface area (Å²) in [5, 5.41) is 7.31. The third kappa shape index (κ3) is 2.78. The van der Waals surface area contributed by atoms with Crippen molar-refractivity contribution >= 4 is 15.8 Å². The van der Waals surface area contributed by atoms with Crippen molar-refractivity contribution in [3.05, 3.63) is 17.3 Å². The number of carboxylic acid groups (broad SMARTS) is 1. The predicted molar refractivity (Wildman–Crippen MR) is 51.7 cm³/mol. The van der Waals surface area contributed by atoms with Gasteiger partial charge in [0.25, 0.3) is 6.43 Å². The summed E-state index contributed by atoms with van der Waals surface area (Å²) < 4.78 is 51.7. The number of hydrogen-bond acceptors (Lipinski definition) is 5. The first-order chi connectivity index (χ1) is 7.64. The molecule has 1 rings (SSSR count). The van der Waals surface area contributed by atoms with Crippen molar-refractivity contribution in [1.29, 1.82) is 0 Å². The molecule has 0 radical (unpaired) electrons. The Morgan fingerprint density at radius 1 is 1.47 bits per heavy atom. The highest BCUT2D eigenvalue weighted by molar-refractivity contribution is 7.90. The van der Waals surface area contributed by atoms with Crippen molar-refractivity contribution in [2.45, 2.75) is 18.6 Å². The van der Waals surface area contributed by atoms with Crippen LogP contribution in [0.5, 0.6) is 0 Å². The first-order valence-corrected chi connectivity index (χ1v) is 6.31. The van der Waals surface area contributed by atoms with E-state index in [4.69, 9.17) is 5.11 Å². The molecular formula is C8H9F2NO5S. The van der Waals surface area contributed by atoms with Crippen LogP contribution in [0.3, 0.4) is 0 Å². The molecule has 0 saturated heterocycles. The number of alkyl halides is 2. The molecule has 0 spiro atoms. The molecule has 17 heavy (non-hydrogen) atoms. The van der Waals surface area contributed by atoms with Gasteiger partial charge in [-0.25, -0.2) is 27.0 Å². The number of carbonyl (C=O) groups is 1. The number of rotatable bonds is 4. The summed E-state index contributed by atoms with van der Waals surface area (Å²) in [6.45, 7) is 1.17. The molecule has 0 amide bonds. The van der Waals surface area contributed by atoms with Gasteiger partial charge in [0.05, 0.1) is 0 Å². The summed E-state index contributed by atoms with van der Waals surface area (Å²) in [5.41, 5.74) is -1.07. The first-order valence-electron chi connectivity index (χ1n) is 4.35. The molecule has 9 heteroatoms. The lowest BCUT2D eigenvalue weighted by molar-refractivity contribution is 0.0644. The van der Waals surface area contributed by atoms with E-state index in [1.165, 1.54) is 6.92 Å². The number of halogens is 2. The van der Waals surface area contributed by atoms with Crippen molar-refractivity contribution in [2.75, 3.05) is 6.26 Å². The van der Waals surface area contributed by atoms with E-state index in [-0.39, 0.29) is 0 Å². The number of hydrogen-bond donors (Lipinski definition) is 1. The normalized spacial score (nSPS) is 13.9. The van der Waals surface area contributed by atoms with Crippen molar-refractivity contribution < 1.29 is 31.5 Å². The van der Waals surface area contributed by atoms with Crippen LogP contribution in [-0.4, -0.2) is 30.7 Å². The molecule has 1 unspecified atom stereocenters. The minimum absolute atomic E-state index is 0.555. The Kier molecular flexibility index (Phi) is 3.51. The van der Waals surface area contributed by atoms with Gasteiger partial charge in [-0.3, -0.25) is 0 Å². The second-order valence-electron chi connectivity index (χ2n) is 3.34. The van der Waals surface area contributed by atoms with Crippen LogP contribution in [-0.2, 0) is 9.84 Å². The zero-order valence-electron chi connectivity index (χ0n) is 8.85. The lowest BCUT2D eigenvalue weighted by Gasteiger charge is -2.02. The third-order valence-electron chi connectivity index (χ3n) is 2.06. The zero-order chi connectivity index (χ0) is 13.4. The minimum atomic E-state index is -3.60. The molecule has 1 aromatic rings. The topological polar surface area (TPSA) is 97.5 Å². The third-order valence-corrected chi connectivity index (χ3v) is 3.55. The molecule has 0 fully saturated rings. The van der Waals surface area contributed by atoms with Gasteiger partial charge >= 0.3 is 5.97 Å². The Labute approximate surface area is 95.2 Å². The Hall–Kier alpha value is -1.51. The lowest BCUT2D eigenvalue weighted by Crippen LogP contribution is -2.08. The fraction of sp³-hybridized carbons (Fsp3) is 0.500. The summed E-state index contributed by atoms with van der Waals surface area (Å²) >= 11 is 0. The van der Waals surface area contributed by atoms with E-state index in [1.54, 1.807) is 0 Å². The molecule has 0 aliphatic carbocycles. The van der Waals surface area contributed by atoms with Gasteiger partial charge in [-0.15, -0.1) is 0 Å². The average molecular weight is 269 g/mol. The van der Waals surface area contributed by atoms with Gasteiger partial charge in [0.1, 0.15) is 5.25 Å². The standard InChI is InChI=1S/C8H9F2NO5S/c1-3(17(2,14)15)7-11-4(6(9)10)5(16-7)8(12)13/h3,6H,1-2H3,(H,12,13). The number of carboxylic acids is 1. The molecule has 1 N–H and O–H groups in total. The molecule has 1 heterocycles. The maximum Gasteiger partial charge on any atom is 0.374 e. The van der Waals surface area contributed by atoms with Crippen LogP contribution in [0.1, 0.15) is 40.7 Å². The van der Waals surface area contributed by atoms with Gasteiger partial charge in [-0.2, -0.15) is 0 Å². The average Bonchev–Trinajstić information content (AvgIpc) is 2.59. The molecule has 1 aromatic heterocycles. The highest BCUT2D eigenvalue weighted by Crippen LogP contribution is 2.28. The largest absolute Gasteiger partial charge is 0.475 e. The molecule has 6 nitrogen and oxygen atoms in total. The summed E-state index contributed by atoms with van der Waals surface area (Å²) in [5.74, 6) is -3.31. The fourth-order valence-corrected chi connectivity index (χ4v) is 1.47. The molecule has 0 aliphatic rings. The van der Waals surface area contributed by atoms with E-state index in [9.17, 15) is 22.0 Å². The van der Waals surface area contributed by atoms with Gasteiger partial charge in [0.2, 0.25) is 11.7 Å². The van der Waals surface area contributed by atoms with Crippen LogP contribution in [0, 0.1) is 0 Å². The van der Waals surface area contributed by atoms with Crippen LogP contribution in [0.25, 0.3) is 0 Å². The van der Waals surface area contributed by atoms with E-state index < -0.39 is 44.8 Å². The first kappa shape index (κ1) is 13.6. The Morgan fingerprint density at radius 3 is 2.29 bits per heavy atom. The fourth-order valence-electron chi connectivity index (χ4n) is 1.01. The van der Waals surface area contributed by atoms with Crippen LogP contribution >= 0.6 is 0 Å². The van der Waals surface area contributed by atoms with E-state index in [2.05, 4.69) is 9.40 Å². The number of aromatic carboxylic acids is 1. The molecule has 0 aliphatic heterocycles. The molecule has 0 bridgehead atoms. The summed E-state index contributed by atoms with van der Waals surface area (Å²) in [7, 11) is -3.60. The van der Waals surface area contributed by atoms with Crippen LogP contribution in [0.15, 0.2) is 4.42 Å². The van der Waals surface area contributed by atoms with E-state index >= 15 is 0 Å². The Morgan fingerprint density at radius 2 is 2.00 bits per heavy atom. The van der Waals surface area contributed by atoms with Crippen molar-refractivity contribution in [3.63, 3.8) is 0 Å². The van der Waals surface area contributed by atoms with Gasteiger partial charge < -0.3 is 9.52 Å². The van der Waals surface area contributed by atoms with Gasteiger partial charge in [0.15, 0.2) is 15.5 Å². The van der Waals surface area contributed by atoms with Crippen molar-refractivity contribution in [3.8, 4) is 0 Å². The number of aromatic nitrogens is 1. The van der Waals surface area contributed by atoms with E-state index in [0.717, 1.165) is 6.26 Å². The molecular weight excluding hydrogens is 260 g/mol.